The number of benzene rings is 2. The molecule has 0 aromatic heterocycles. The molecule has 2 amide bonds. The third-order valence-electron chi connectivity index (χ3n) is 3.34. The van der Waals surface area contributed by atoms with E-state index in [9.17, 15) is 27.2 Å². The molecular weight excluding hydrogens is 360 g/mol. The molecule has 2 aromatic rings. The fraction of sp³-hybridized carbons (Fsp3) is 0.125. The van der Waals surface area contributed by atoms with E-state index in [0.717, 1.165) is 0 Å². The lowest BCUT2D eigenvalue weighted by Gasteiger charge is -2.52. The molecule has 1 saturated heterocycles. The van der Waals surface area contributed by atoms with Crippen molar-refractivity contribution in [3.05, 3.63) is 60.7 Å². The van der Waals surface area contributed by atoms with Crippen molar-refractivity contribution < 1.29 is 36.6 Å². The molecule has 2 aromatic carbocycles. The fourth-order valence-electron chi connectivity index (χ4n) is 2.12. The lowest BCUT2D eigenvalue weighted by Crippen LogP contribution is -2.83. The Hall–Kier alpha value is -3.30. The van der Waals surface area contributed by atoms with Crippen LogP contribution in [0.4, 0.5) is 27.2 Å². The van der Waals surface area contributed by atoms with E-state index in [-0.39, 0.29) is 11.5 Å². The number of alkyl halides is 4. The summed E-state index contributed by atoms with van der Waals surface area (Å²) in [6, 6.07) is 3.95. The second-order valence-corrected chi connectivity index (χ2v) is 5.07. The monoisotopic (exact) mass is 370 g/mol. The molecule has 1 aliphatic heterocycles. The highest BCUT2D eigenvalue weighted by molar-refractivity contribution is 5.80. The van der Waals surface area contributed by atoms with E-state index in [4.69, 9.17) is 0 Å². The largest absolute Gasteiger partial charge is 0.440 e. The third kappa shape index (κ3) is 2.79. The van der Waals surface area contributed by atoms with Crippen molar-refractivity contribution in [2.45, 2.75) is 12.1 Å². The zero-order valence-corrected chi connectivity index (χ0v) is 12.8. The van der Waals surface area contributed by atoms with Crippen LogP contribution < -0.4 is 9.47 Å². The molecule has 0 spiro atoms. The first-order valence-electron chi connectivity index (χ1n) is 7.15. The van der Waals surface area contributed by atoms with Crippen LogP contribution in [0, 0.1) is 0 Å². The number of para-hydroxylation sites is 2. The third-order valence-corrected chi connectivity index (χ3v) is 3.34. The van der Waals surface area contributed by atoms with E-state index in [1.165, 1.54) is 48.5 Å². The van der Waals surface area contributed by atoms with Gasteiger partial charge in [0.25, 0.3) is 0 Å². The molecule has 3 rings (SSSR count). The topological polar surface area (TPSA) is 59.1 Å². The van der Waals surface area contributed by atoms with Crippen LogP contribution in [0.1, 0.15) is 0 Å². The second-order valence-electron chi connectivity index (χ2n) is 5.07. The van der Waals surface area contributed by atoms with Gasteiger partial charge in [0, 0.05) is 0 Å². The quantitative estimate of drug-likeness (QED) is 0.590. The van der Waals surface area contributed by atoms with Crippen molar-refractivity contribution in [3.8, 4) is 11.5 Å². The van der Waals surface area contributed by atoms with Crippen LogP contribution in [0.2, 0.25) is 0 Å². The van der Waals surface area contributed by atoms with E-state index in [2.05, 4.69) is 9.47 Å². The normalized spacial score (nSPS) is 17.2. The number of carbonyl (C=O) groups excluding carboxylic acids is 2. The summed E-state index contributed by atoms with van der Waals surface area (Å²) in [6.45, 7) is 0. The lowest BCUT2D eigenvalue weighted by atomic mass is 10.3. The van der Waals surface area contributed by atoms with Gasteiger partial charge in [-0.25, -0.2) is 9.59 Å². The number of hydrazine groups is 1. The predicted molar refractivity (Wildman–Crippen MR) is 78.5 cm³/mol. The molecule has 1 aliphatic rings. The average molecular weight is 370 g/mol. The summed E-state index contributed by atoms with van der Waals surface area (Å²) < 4.78 is 64.0. The van der Waals surface area contributed by atoms with Gasteiger partial charge < -0.3 is 9.47 Å². The van der Waals surface area contributed by atoms with Crippen molar-refractivity contribution in [1.29, 1.82) is 0 Å². The molecule has 10 heteroatoms. The van der Waals surface area contributed by atoms with E-state index < -0.39 is 34.3 Å². The molecule has 0 saturated carbocycles. The van der Waals surface area contributed by atoms with Gasteiger partial charge in [0.05, 0.1) is 0 Å². The van der Waals surface area contributed by atoms with Crippen LogP contribution in [-0.2, 0) is 0 Å². The van der Waals surface area contributed by atoms with Crippen LogP contribution in [0.25, 0.3) is 0 Å². The summed E-state index contributed by atoms with van der Waals surface area (Å²) in [5, 5.41) is -1.57. The van der Waals surface area contributed by atoms with Gasteiger partial charge in [0.1, 0.15) is 11.5 Å². The minimum absolute atomic E-state index is 0.167. The Morgan fingerprint density at radius 1 is 0.654 bits per heavy atom. The zero-order chi connectivity index (χ0) is 18.9. The van der Waals surface area contributed by atoms with Crippen LogP contribution in [-0.4, -0.2) is 34.3 Å². The van der Waals surface area contributed by atoms with E-state index >= 15 is 0 Å². The minimum atomic E-state index is -4.96. The van der Waals surface area contributed by atoms with E-state index in [1.54, 1.807) is 12.1 Å². The number of rotatable bonds is 2. The van der Waals surface area contributed by atoms with Crippen LogP contribution in [0.3, 0.4) is 0 Å². The molecule has 0 radical (unpaired) electrons. The first kappa shape index (κ1) is 17.5. The van der Waals surface area contributed by atoms with Crippen molar-refractivity contribution >= 4 is 12.2 Å². The van der Waals surface area contributed by atoms with Crippen molar-refractivity contribution in [2.24, 2.45) is 0 Å². The van der Waals surface area contributed by atoms with Gasteiger partial charge in [-0.1, -0.05) is 36.4 Å². The molecule has 1 fully saturated rings. The highest BCUT2D eigenvalue weighted by Crippen LogP contribution is 2.51. The first-order chi connectivity index (χ1) is 12.2. The Balaban J connectivity index is 1.82. The maximum atomic E-state index is 13.7. The number of hydrogen-bond acceptors (Lipinski definition) is 4. The number of hydrogen-bond donors (Lipinski definition) is 0. The molecule has 1 heterocycles. The molecule has 0 bridgehead atoms. The molecule has 136 valence electrons. The van der Waals surface area contributed by atoms with E-state index in [0.29, 0.717) is 0 Å². The van der Waals surface area contributed by atoms with Crippen LogP contribution in [0.15, 0.2) is 60.7 Å². The summed E-state index contributed by atoms with van der Waals surface area (Å²) >= 11 is 0. The van der Waals surface area contributed by atoms with Crippen molar-refractivity contribution in [3.63, 3.8) is 0 Å². The predicted octanol–water partition coefficient (Wildman–Crippen LogP) is 4.10. The van der Waals surface area contributed by atoms with Crippen molar-refractivity contribution in [2.75, 3.05) is 0 Å². The first-order valence-corrected chi connectivity index (χ1v) is 7.15. The fourth-order valence-corrected chi connectivity index (χ4v) is 2.12. The number of nitrogens with zero attached hydrogens (tertiary/aromatic N) is 2. The van der Waals surface area contributed by atoms with Gasteiger partial charge in [-0.15, -0.1) is 10.0 Å². The standard InChI is InChI=1S/C16H10F4N2O4/c17-15(18)16(19,20)22(14(24)26-12-9-5-2-6-10-12)21(15)13(23)25-11-7-3-1-4-8-11/h1-10H. The van der Waals surface area contributed by atoms with Gasteiger partial charge in [-0.3, -0.25) is 0 Å². The molecule has 6 nitrogen and oxygen atoms in total. The molecule has 26 heavy (non-hydrogen) atoms. The molecular formula is C16H10F4N2O4. The maximum Gasteiger partial charge on any atom is 0.440 e. The van der Waals surface area contributed by atoms with Gasteiger partial charge >= 0.3 is 24.3 Å². The summed E-state index contributed by atoms with van der Waals surface area (Å²) in [7, 11) is 0. The van der Waals surface area contributed by atoms with Gasteiger partial charge in [-0.05, 0) is 24.3 Å². The Labute approximate surface area is 144 Å². The Bertz CT molecular complexity index is 748. The maximum absolute atomic E-state index is 13.7. The average Bonchev–Trinajstić information content (AvgIpc) is 2.60. The molecule has 0 N–H and O–H groups in total. The lowest BCUT2D eigenvalue weighted by molar-refractivity contribution is -0.469. The Kier molecular flexibility index (Phi) is 4.18. The van der Waals surface area contributed by atoms with E-state index in [1.807, 2.05) is 0 Å². The summed E-state index contributed by atoms with van der Waals surface area (Å²) in [6.07, 6.45) is -3.73. The van der Waals surface area contributed by atoms with Crippen LogP contribution in [0.5, 0.6) is 11.5 Å². The molecule has 0 unspecified atom stereocenters. The zero-order valence-electron chi connectivity index (χ0n) is 12.8. The summed E-state index contributed by atoms with van der Waals surface area (Å²) in [5.74, 6) is -0.334. The highest BCUT2D eigenvalue weighted by atomic mass is 19.3. The van der Waals surface area contributed by atoms with Gasteiger partial charge in [0.15, 0.2) is 0 Å². The SMILES string of the molecule is O=C(Oc1ccccc1)N1N(C(=O)Oc2ccccc2)C(F)(F)C1(F)F. The van der Waals surface area contributed by atoms with Crippen LogP contribution >= 0.6 is 0 Å². The number of ether oxygens (including phenoxy) is 2. The smallest absolute Gasteiger partial charge is 0.409 e. The summed E-state index contributed by atoms with van der Waals surface area (Å²) in [5.41, 5.74) is 0. The summed E-state index contributed by atoms with van der Waals surface area (Å²) in [4.78, 5) is 23.8. The number of amides is 2. The molecule has 0 aliphatic carbocycles. The number of halogens is 4. The molecule has 0 atom stereocenters. The highest BCUT2D eigenvalue weighted by Gasteiger charge is 2.82. The number of carbonyl (C=O) groups is 2. The Morgan fingerprint density at radius 2 is 0.962 bits per heavy atom. The minimum Gasteiger partial charge on any atom is -0.409 e. The van der Waals surface area contributed by atoms with Gasteiger partial charge in [0.2, 0.25) is 0 Å². The Morgan fingerprint density at radius 3 is 1.27 bits per heavy atom. The second kappa shape index (κ2) is 6.21. The van der Waals surface area contributed by atoms with Crippen molar-refractivity contribution in [1.82, 2.24) is 10.0 Å². The van der Waals surface area contributed by atoms with Gasteiger partial charge in [-0.2, -0.15) is 17.6 Å².